The monoisotopic (exact) mass is 283 g/mol. The zero-order chi connectivity index (χ0) is 14.0. The molecule has 1 aromatic rings. The van der Waals surface area contributed by atoms with Crippen molar-refractivity contribution in [2.24, 2.45) is 5.92 Å². The lowest BCUT2D eigenvalue weighted by molar-refractivity contribution is -0.147. The van der Waals surface area contributed by atoms with Crippen LogP contribution in [-0.2, 0) is 20.7 Å². The maximum atomic E-state index is 11.9. The molecule has 0 amide bonds. The quantitative estimate of drug-likeness (QED) is 0.793. The number of carbonyl (C=O) groups excluding carboxylic acids is 2. The molecule has 0 unspecified atom stereocenters. The molecule has 5 nitrogen and oxygen atoms in total. The Kier molecular flexibility index (Phi) is 4.19. The molecule has 0 aliphatic carbocycles. The number of hydrogen-bond donors (Lipinski definition) is 0. The average Bonchev–Trinajstić information content (AvgIpc) is 2.86. The lowest BCUT2D eigenvalue weighted by Gasteiger charge is -2.06. The van der Waals surface area contributed by atoms with Gasteiger partial charge in [-0.15, -0.1) is 11.3 Å². The minimum Gasteiger partial charge on any atom is -0.460 e. The van der Waals surface area contributed by atoms with Crippen LogP contribution in [0.5, 0.6) is 0 Å². The Labute approximate surface area is 115 Å². The second kappa shape index (κ2) is 5.69. The molecular weight excluding hydrogens is 266 g/mol. The van der Waals surface area contributed by atoms with Crippen LogP contribution < -0.4 is 0 Å². The standard InChI is InChI=1S/C13H17NO4S/c1-7(2)4-11-14-9(6-19-11)12(15)18-10-5-8(3)17-13(10)16/h6-8,10H,4-5H2,1-3H3/t8-,10-/m0/s1. The van der Waals surface area contributed by atoms with Crippen molar-refractivity contribution in [3.8, 4) is 0 Å². The van der Waals surface area contributed by atoms with Crippen LogP contribution in [0.25, 0.3) is 0 Å². The lowest BCUT2D eigenvalue weighted by Crippen LogP contribution is -2.22. The van der Waals surface area contributed by atoms with Gasteiger partial charge in [0, 0.05) is 18.2 Å². The first-order valence-corrected chi connectivity index (χ1v) is 7.19. The molecule has 2 heterocycles. The van der Waals surface area contributed by atoms with E-state index in [1.165, 1.54) is 11.3 Å². The molecule has 0 radical (unpaired) electrons. The van der Waals surface area contributed by atoms with E-state index in [1.54, 1.807) is 12.3 Å². The molecule has 1 fully saturated rings. The van der Waals surface area contributed by atoms with Crippen LogP contribution in [0.1, 0.15) is 42.7 Å². The first kappa shape index (κ1) is 14.0. The lowest BCUT2D eigenvalue weighted by atomic mass is 10.1. The van der Waals surface area contributed by atoms with Gasteiger partial charge in [-0.1, -0.05) is 13.8 Å². The van der Waals surface area contributed by atoms with Crippen LogP contribution in [-0.4, -0.2) is 29.1 Å². The van der Waals surface area contributed by atoms with E-state index < -0.39 is 18.0 Å². The number of ether oxygens (including phenoxy) is 2. The minimum absolute atomic E-state index is 0.197. The average molecular weight is 283 g/mol. The van der Waals surface area contributed by atoms with Crippen LogP contribution in [0.4, 0.5) is 0 Å². The zero-order valence-corrected chi connectivity index (χ0v) is 12.0. The van der Waals surface area contributed by atoms with E-state index in [-0.39, 0.29) is 11.8 Å². The topological polar surface area (TPSA) is 65.5 Å². The number of thiazole rings is 1. The SMILES string of the molecule is CC(C)Cc1nc(C(=O)O[C@H]2C[C@H](C)OC2=O)cs1. The summed E-state index contributed by atoms with van der Waals surface area (Å²) in [6.07, 6.45) is 0.253. The fourth-order valence-electron chi connectivity index (χ4n) is 1.85. The Morgan fingerprint density at radius 2 is 2.37 bits per heavy atom. The molecule has 104 valence electrons. The molecule has 0 bridgehead atoms. The number of cyclic esters (lactones) is 1. The summed E-state index contributed by atoms with van der Waals surface area (Å²) in [5, 5.41) is 2.58. The summed E-state index contributed by atoms with van der Waals surface area (Å²) in [5.41, 5.74) is 0.271. The van der Waals surface area contributed by atoms with Crippen molar-refractivity contribution in [1.82, 2.24) is 4.98 Å². The number of rotatable bonds is 4. The van der Waals surface area contributed by atoms with Crippen molar-refractivity contribution in [1.29, 1.82) is 0 Å². The first-order chi connectivity index (χ1) is 8.95. The maximum absolute atomic E-state index is 11.9. The molecule has 6 heteroatoms. The highest BCUT2D eigenvalue weighted by Gasteiger charge is 2.35. The number of hydrogen-bond acceptors (Lipinski definition) is 6. The third-order valence-electron chi connectivity index (χ3n) is 2.72. The highest BCUT2D eigenvalue weighted by Crippen LogP contribution is 2.20. The molecule has 0 spiro atoms. The normalized spacial score (nSPS) is 22.6. The van der Waals surface area contributed by atoms with E-state index in [0.717, 1.165) is 11.4 Å². The van der Waals surface area contributed by atoms with Gasteiger partial charge in [-0.25, -0.2) is 14.6 Å². The predicted octanol–water partition coefficient (Wildman–Crippen LogP) is 2.20. The van der Waals surface area contributed by atoms with Crippen LogP contribution in [0.15, 0.2) is 5.38 Å². The Morgan fingerprint density at radius 1 is 1.63 bits per heavy atom. The Hall–Kier alpha value is -1.43. The van der Waals surface area contributed by atoms with E-state index in [9.17, 15) is 9.59 Å². The number of esters is 2. The van der Waals surface area contributed by atoms with Crippen molar-refractivity contribution in [2.75, 3.05) is 0 Å². The molecule has 19 heavy (non-hydrogen) atoms. The maximum Gasteiger partial charge on any atom is 0.358 e. The van der Waals surface area contributed by atoms with Crippen molar-refractivity contribution >= 4 is 23.3 Å². The molecular formula is C13H17NO4S. The summed E-state index contributed by atoms with van der Waals surface area (Å²) in [6, 6.07) is 0. The fraction of sp³-hybridized carbons (Fsp3) is 0.615. The summed E-state index contributed by atoms with van der Waals surface area (Å²) in [5.74, 6) is -0.540. The molecule has 2 atom stereocenters. The Balaban J connectivity index is 1.96. The van der Waals surface area contributed by atoms with Crippen LogP contribution >= 0.6 is 11.3 Å². The van der Waals surface area contributed by atoms with E-state index in [2.05, 4.69) is 18.8 Å². The second-order valence-electron chi connectivity index (χ2n) is 5.10. The van der Waals surface area contributed by atoms with Gasteiger partial charge in [-0.2, -0.15) is 0 Å². The zero-order valence-electron chi connectivity index (χ0n) is 11.2. The fourth-order valence-corrected chi connectivity index (χ4v) is 2.83. The van der Waals surface area contributed by atoms with Gasteiger partial charge in [0.1, 0.15) is 6.10 Å². The van der Waals surface area contributed by atoms with Gasteiger partial charge in [0.2, 0.25) is 6.10 Å². The molecule has 0 aromatic carbocycles. The summed E-state index contributed by atoms with van der Waals surface area (Å²) < 4.78 is 10.1. The molecule has 1 aromatic heterocycles. The Morgan fingerprint density at radius 3 is 2.95 bits per heavy atom. The molecule has 2 rings (SSSR count). The van der Waals surface area contributed by atoms with E-state index in [0.29, 0.717) is 12.3 Å². The first-order valence-electron chi connectivity index (χ1n) is 6.31. The van der Waals surface area contributed by atoms with Gasteiger partial charge < -0.3 is 9.47 Å². The molecule has 0 saturated carbocycles. The van der Waals surface area contributed by atoms with Crippen LogP contribution in [0.3, 0.4) is 0 Å². The van der Waals surface area contributed by atoms with E-state index in [4.69, 9.17) is 9.47 Å². The summed E-state index contributed by atoms with van der Waals surface area (Å²) in [4.78, 5) is 27.5. The summed E-state index contributed by atoms with van der Waals surface area (Å²) in [7, 11) is 0. The van der Waals surface area contributed by atoms with E-state index in [1.807, 2.05) is 0 Å². The van der Waals surface area contributed by atoms with Crippen LogP contribution in [0, 0.1) is 5.92 Å². The smallest absolute Gasteiger partial charge is 0.358 e. The minimum atomic E-state index is -0.794. The van der Waals surface area contributed by atoms with Crippen molar-refractivity contribution < 1.29 is 19.1 Å². The number of aromatic nitrogens is 1. The second-order valence-corrected chi connectivity index (χ2v) is 6.04. The van der Waals surface area contributed by atoms with Gasteiger partial charge >= 0.3 is 11.9 Å². The van der Waals surface area contributed by atoms with Gasteiger partial charge in [0.25, 0.3) is 0 Å². The van der Waals surface area contributed by atoms with Gasteiger partial charge in [0.05, 0.1) is 5.01 Å². The highest BCUT2D eigenvalue weighted by molar-refractivity contribution is 7.09. The van der Waals surface area contributed by atoms with Crippen molar-refractivity contribution in [3.63, 3.8) is 0 Å². The molecule has 1 saturated heterocycles. The summed E-state index contributed by atoms with van der Waals surface area (Å²) in [6.45, 7) is 5.96. The van der Waals surface area contributed by atoms with Crippen molar-refractivity contribution in [3.05, 3.63) is 16.1 Å². The Bertz CT molecular complexity index is 483. The van der Waals surface area contributed by atoms with Crippen LogP contribution in [0.2, 0.25) is 0 Å². The summed E-state index contributed by atoms with van der Waals surface area (Å²) >= 11 is 1.44. The predicted molar refractivity (Wildman–Crippen MR) is 70.0 cm³/mol. The van der Waals surface area contributed by atoms with E-state index >= 15 is 0 Å². The van der Waals surface area contributed by atoms with Gasteiger partial charge in [0.15, 0.2) is 5.69 Å². The molecule has 1 aliphatic rings. The van der Waals surface area contributed by atoms with Crippen molar-refractivity contribution in [2.45, 2.75) is 45.8 Å². The number of nitrogens with zero attached hydrogens (tertiary/aromatic N) is 1. The van der Waals surface area contributed by atoms with Gasteiger partial charge in [-0.3, -0.25) is 0 Å². The molecule has 0 N–H and O–H groups in total. The highest BCUT2D eigenvalue weighted by atomic mass is 32.1. The number of carbonyl (C=O) groups is 2. The molecule has 1 aliphatic heterocycles. The largest absolute Gasteiger partial charge is 0.460 e. The van der Waals surface area contributed by atoms with Gasteiger partial charge in [-0.05, 0) is 12.8 Å². The third kappa shape index (κ3) is 3.53. The third-order valence-corrected chi connectivity index (χ3v) is 3.59.